The van der Waals surface area contributed by atoms with Crippen LogP contribution in [0.1, 0.15) is 26.3 Å². The number of hydrogen-bond acceptors (Lipinski definition) is 3. The minimum Gasteiger partial charge on any atom is -0.268 e. The van der Waals surface area contributed by atoms with Gasteiger partial charge >= 0.3 is 0 Å². The average molecular weight is 363 g/mol. The number of nitrogens with zero attached hydrogens (tertiary/aromatic N) is 1. The van der Waals surface area contributed by atoms with E-state index in [0.29, 0.717) is 22.6 Å². The third-order valence-electron chi connectivity index (χ3n) is 4.18. The van der Waals surface area contributed by atoms with E-state index >= 15 is 0 Å². The molecule has 3 aromatic carbocycles. The Hall–Kier alpha value is -2.92. The van der Waals surface area contributed by atoms with E-state index in [1.807, 2.05) is 18.2 Å². The molecule has 1 aliphatic heterocycles. The number of amides is 2. The maximum absolute atomic E-state index is 13.4. The van der Waals surface area contributed by atoms with Crippen LogP contribution in [0.25, 0.3) is 0 Å². The van der Waals surface area contributed by atoms with Gasteiger partial charge in [-0.05, 0) is 42.0 Å². The fraction of sp³-hybridized carbons (Fsp3) is 0.0476. The minimum absolute atomic E-state index is 0.281. The lowest BCUT2D eigenvalue weighted by Crippen LogP contribution is -2.29. The van der Waals surface area contributed by atoms with E-state index in [-0.39, 0.29) is 17.6 Å². The predicted octanol–water partition coefficient (Wildman–Crippen LogP) is 4.92. The van der Waals surface area contributed by atoms with Crippen LogP contribution in [0.5, 0.6) is 0 Å². The van der Waals surface area contributed by atoms with Crippen molar-refractivity contribution in [1.82, 2.24) is 0 Å². The smallest absolute Gasteiger partial charge is 0.266 e. The topological polar surface area (TPSA) is 37.4 Å². The fourth-order valence-corrected chi connectivity index (χ4v) is 3.94. The molecule has 0 atom stereocenters. The van der Waals surface area contributed by atoms with Gasteiger partial charge < -0.3 is 0 Å². The summed E-state index contributed by atoms with van der Waals surface area (Å²) in [6.07, 6.45) is 0. The number of thioether (sulfide) groups is 1. The predicted molar refractivity (Wildman–Crippen MR) is 100.0 cm³/mol. The molecule has 0 saturated carbocycles. The summed E-state index contributed by atoms with van der Waals surface area (Å²) in [5.41, 5.74) is 2.23. The molecule has 0 fully saturated rings. The van der Waals surface area contributed by atoms with Crippen LogP contribution in [0.15, 0.2) is 77.7 Å². The normalized spacial score (nSPS) is 13.2. The third-order valence-corrected chi connectivity index (χ3v) is 5.32. The number of hydrogen-bond donors (Lipinski definition) is 0. The summed E-state index contributed by atoms with van der Waals surface area (Å²) in [7, 11) is 0. The van der Waals surface area contributed by atoms with E-state index < -0.39 is 0 Å². The highest BCUT2D eigenvalue weighted by Gasteiger charge is 2.37. The standard InChI is InChI=1S/C21H14FNO2S/c22-15-7-5-6-14(12-15)13-26-19-11-4-3-10-18(19)23-20(24)16-8-1-2-9-17(16)21(23)25/h1-12H,13H2. The van der Waals surface area contributed by atoms with Crippen LogP contribution < -0.4 is 4.90 Å². The number of para-hydroxylation sites is 1. The molecule has 3 aromatic rings. The Kier molecular flexibility index (Phi) is 4.31. The molecule has 26 heavy (non-hydrogen) atoms. The van der Waals surface area contributed by atoms with Gasteiger partial charge in [0.05, 0.1) is 16.8 Å². The number of fused-ring (bicyclic) bond motifs is 1. The summed E-state index contributed by atoms with van der Waals surface area (Å²) in [6.45, 7) is 0. The van der Waals surface area contributed by atoms with Crippen molar-refractivity contribution in [3.8, 4) is 0 Å². The van der Waals surface area contributed by atoms with E-state index in [4.69, 9.17) is 0 Å². The van der Waals surface area contributed by atoms with Crippen molar-refractivity contribution < 1.29 is 14.0 Å². The van der Waals surface area contributed by atoms with Gasteiger partial charge in [0.15, 0.2) is 0 Å². The first kappa shape index (κ1) is 16.5. The summed E-state index contributed by atoms with van der Waals surface area (Å²) in [4.78, 5) is 27.5. The van der Waals surface area contributed by atoms with Crippen LogP contribution >= 0.6 is 11.8 Å². The largest absolute Gasteiger partial charge is 0.268 e. The molecule has 0 unspecified atom stereocenters. The van der Waals surface area contributed by atoms with Gasteiger partial charge in [-0.1, -0.05) is 36.4 Å². The second-order valence-electron chi connectivity index (χ2n) is 5.88. The minimum atomic E-state index is -0.315. The molecule has 2 amide bonds. The van der Waals surface area contributed by atoms with Crippen molar-refractivity contribution in [2.75, 3.05) is 4.90 Å². The maximum Gasteiger partial charge on any atom is 0.266 e. The number of carbonyl (C=O) groups is 2. The fourth-order valence-electron chi connectivity index (χ4n) is 2.96. The average Bonchev–Trinajstić information content (AvgIpc) is 2.91. The molecule has 0 radical (unpaired) electrons. The van der Waals surface area contributed by atoms with Gasteiger partial charge in [-0.25, -0.2) is 9.29 Å². The Morgan fingerprint density at radius 1 is 0.808 bits per heavy atom. The molecule has 0 aromatic heterocycles. The Morgan fingerprint density at radius 2 is 1.46 bits per heavy atom. The number of carbonyl (C=O) groups excluding carboxylic acids is 2. The first-order valence-corrected chi connectivity index (χ1v) is 9.08. The van der Waals surface area contributed by atoms with Gasteiger partial charge in [-0.15, -0.1) is 11.8 Å². The highest BCUT2D eigenvalue weighted by molar-refractivity contribution is 7.98. The summed E-state index contributed by atoms with van der Waals surface area (Å²) in [5.74, 6) is -0.372. The van der Waals surface area contributed by atoms with E-state index in [9.17, 15) is 14.0 Å². The quantitative estimate of drug-likeness (QED) is 0.488. The molecule has 5 heteroatoms. The zero-order chi connectivity index (χ0) is 18.1. The van der Waals surface area contributed by atoms with E-state index in [1.165, 1.54) is 28.8 Å². The number of benzene rings is 3. The molecule has 0 aliphatic carbocycles. The Bertz CT molecular complexity index is 983. The third kappa shape index (κ3) is 2.91. The monoisotopic (exact) mass is 363 g/mol. The zero-order valence-electron chi connectivity index (χ0n) is 13.7. The van der Waals surface area contributed by atoms with Gasteiger partial charge in [0.1, 0.15) is 5.82 Å². The lowest BCUT2D eigenvalue weighted by Gasteiger charge is -2.17. The molecule has 3 nitrogen and oxygen atoms in total. The highest BCUT2D eigenvalue weighted by Crippen LogP contribution is 2.36. The van der Waals surface area contributed by atoms with Gasteiger partial charge in [-0.3, -0.25) is 9.59 Å². The van der Waals surface area contributed by atoms with Crippen molar-refractivity contribution in [2.45, 2.75) is 10.6 Å². The molecular weight excluding hydrogens is 349 g/mol. The van der Waals surface area contributed by atoms with Crippen LogP contribution in [-0.2, 0) is 5.75 Å². The van der Waals surface area contributed by atoms with Gasteiger partial charge in [0.25, 0.3) is 11.8 Å². The first-order valence-electron chi connectivity index (χ1n) is 8.09. The van der Waals surface area contributed by atoms with Crippen molar-refractivity contribution in [2.24, 2.45) is 0 Å². The Labute approximate surface area is 154 Å². The molecule has 0 saturated heterocycles. The molecule has 0 bridgehead atoms. The van der Waals surface area contributed by atoms with Crippen molar-refractivity contribution >= 4 is 29.3 Å². The highest BCUT2D eigenvalue weighted by atomic mass is 32.2. The van der Waals surface area contributed by atoms with Crippen LogP contribution in [0.3, 0.4) is 0 Å². The van der Waals surface area contributed by atoms with E-state index in [2.05, 4.69) is 0 Å². The molecule has 128 valence electrons. The molecule has 1 heterocycles. The van der Waals surface area contributed by atoms with Crippen molar-refractivity contribution in [3.05, 3.63) is 95.3 Å². The van der Waals surface area contributed by atoms with Crippen LogP contribution in [0.2, 0.25) is 0 Å². The molecule has 4 rings (SSSR count). The number of halogens is 1. The van der Waals surface area contributed by atoms with Crippen LogP contribution in [0, 0.1) is 5.82 Å². The van der Waals surface area contributed by atoms with Gasteiger partial charge in [-0.2, -0.15) is 0 Å². The number of anilines is 1. The van der Waals surface area contributed by atoms with Crippen molar-refractivity contribution in [3.63, 3.8) is 0 Å². The molecule has 1 aliphatic rings. The van der Waals surface area contributed by atoms with Gasteiger partial charge in [0.2, 0.25) is 0 Å². The number of rotatable bonds is 4. The van der Waals surface area contributed by atoms with Gasteiger partial charge in [0, 0.05) is 10.6 Å². The van der Waals surface area contributed by atoms with E-state index in [0.717, 1.165) is 10.5 Å². The lowest BCUT2D eigenvalue weighted by molar-refractivity contribution is 0.0925. The summed E-state index contributed by atoms with van der Waals surface area (Å²) >= 11 is 1.47. The zero-order valence-corrected chi connectivity index (χ0v) is 14.5. The van der Waals surface area contributed by atoms with Crippen LogP contribution in [-0.4, -0.2) is 11.8 Å². The molecular formula is C21H14FNO2S. The Balaban J connectivity index is 1.65. The summed E-state index contributed by atoms with van der Waals surface area (Å²) in [6, 6.07) is 20.5. The van der Waals surface area contributed by atoms with Crippen LogP contribution in [0.4, 0.5) is 10.1 Å². The second kappa shape index (κ2) is 6.77. The lowest BCUT2D eigenvalue weighted by atomic mass is 10.1. The molecule has 0 spiro atoms. The van der Waals surface area contributed by atoms with Crippen molar-refractivity contribution in [1.29, 1.82) is 0 Å². The summed E-state index contributed by atoms with van der Waals surface area (Å²) in [5, 5.41) is 0. The molecule has 0 N–H and O–H groups in total. The first-order chi connectivity index (χ1) is 12.6. The maximum atomic E-state index is 13.4. The summed E-state index contributed by atoms with van der Waals surface area (Å²) < 4.78 is 13.4. The Morgan fingerprint density at radius 3 is 2.15 bits per heavy atom. The second-order valence-corrected chi connectivity index (χ2v) is 6.89. The number of imide groups is 1. The SMILES string of the molecule is O=C1c2ccccc2C(=O)N1c1ccccc1SCc1cccc(F)c1. The van der Waals surface area contributed by atoms with E-state index in [1.54, 1.807) is 42.5 Å².